The Morgan fingerprint density at radius 3 is 2.62 bits per heavy atom. The first-order chi connectivity index (χ1) is 10.2. The topological polar surface area (TPSA) is 28.7 Å². The number of rotatable bonds is 1. The summed E-state index contributed by atoms with van der Waals surface area (Å²) in [6.45, 7) is 4.20. The Kier molecular flexibility index (Phi) is 2.58. The highest BCUT2D eigenvalue weighted by Gasteiger charge is 2.08. The number of pyridine rings is 1. The van der Waals surface area contributed by atoms with E-state index in [1.54, 1.807) is 0 Å². The minimum atomic E-state index is 1.04. The number of benzene rings is 2. The monoisotopic (exact) mass is 272 g/mol. The third-order valence-corrected chi connectivity index (χ3v) is 4.17. The molecule has 0 fully saturated rings. The van der Waals surface area contributed by atoms with E-state index in [-0.39, 0.29) is 0 Å². The lowest BCUT2D eigenvalue weighted by molar-refractivity contribution is 1.22. The Morgan fingerprint density at radius 1 is 0.905 bits per heavy atom. The van der Waals surface area contributed by atoms with Gasteiger partial charge >= 0.3 is 0 Å². The highest BCUT2D eigenvalue weighted by atomic mass is 14.8. The molecule has 0 atom stereocenters. The molecule has 102 valence electrons. The van der Waals surface area contributed by atoms with Gasteiger partial charge in [-0.05, 0) is 48.7 Å². The van der Waals surface area contributed by atoms with Crippen molar-refractivity contribution in [2.45, 2.75) is 13.8 Å². The van der Waals surface area contributed by atoms with Crippen molar-refractivity contribution in [3.8, 4) is 11.1 Å². The Bertz CT molecular complexity index is 964. The van der Waals surface area contributed by atoms with E-state index in [2.05, 4.69) is 65.4 Å². The first-order valence-electron chi connectivity index (χ1n) is 7.17. The molecular weight excluding hydrogens is 256 g/mol. The molecule has 1 N–H and O–H groups in total. The third-order valence-electron chi connectivity index (χ3n) is 4.17. The van der Waals surface area contributed by atoms with Crippen LogP contribution < -0.4 is 0 Å². The van der Waals surface area contributed by atoms with Gasteiger partial charge in [-0.15, -0.1) is 0 Å². The molecule has 0 saturated carbocycles. The Labute approximate surface area is 123 Å². The summed E-state index contributed by atoms with van der Waals surface area (Å²) < 4.78 is 0. The molecule has 21 heavy (non-hydrogen) atoms. The highest BCUT2D eigenvalue weighted by Crippen LogP contribution is 2.31. The van der Waals surface area contributed by atoms with E-state index < -0.39 is 0 Å². The molecule has 0 amide bonds. The summed E-state index contributed by atoms with van der Waals surface area (Å²) >= 11 is 0. The van der Waals surface area contributed by atoms with Crippen molar-refractivity contribution in [1.29, 1.82) is 0 Å². The van der Waals surface area contributed by atoms with Gasteiger partial charge in [0.1, 0.15) is 0 Å². The molecule has 0 aliphatic heterocycles. The van der Waals surface area contributed by atoms with Gasteiger partial charge in [0.15, 0.2) is 0 Å². The second kappa shape index (κ2) is 4.45. The SMILES string of the molecule is Cc1ccccc1-c1ccc2[nH]c3c(C)nccc3c2c1. The van der Waals surface area contributed by atoms with Crippen molar-refractivity contribution in [1.82, 2.24) is 9.97 Å². The van der Waals surface area contributed by atoms with Gasteiger partial charge < -0.3 is 4.98 Å². The van der Waals surface area contributed by atoms with Crippen LogP contribution in [0.15, 0.2) is 54.7 Å². The summed E-state index contributed by atoms with van der Waals surface area (Å²) in [7, 11) is 0. The second-order valence-corrected chi connectivity index (χ2v) is 5.52. The number of aromatic nitrogens is 2. The molecule has 0 aliphatic carbocycles. The van der Waals surface area contributed by atoms with E-state index in [0.717, 1.165) is 11.2 Å². The normalized spacial score (nSPS) is 11.3. The lowest BCUT2D eigenvalue weighted by Crippen LogP contribution is -1.82. The van der Waals surface area contributed by atoms with Crippen LogP contribution in [0.25, 0.3) is 32.9 Å². The summed E-state index contributed by atoms with van der Waals surface area (Å²) in [4.78, 5) is 7.84. The number of H-pyrrole nitrogens is 1. The summed E-state index contributed by atoms with van der Waals surface area (Å²) in [6.07, 6.45) is 1.88. The van der Waals surface area contributed by atoms with Gasteiger partial charge in [-0.1, -0.05) is 30.3 Å². The zero-order valence-electron chi connectivity index (χ0n) is 12.1. The molecule has 2 heteroatoms. The smallest absolute Gasteiger partial charge is 0.0681 e. The predicted octanol–water partition coefficient (Wildman–Crippen LogP) is 5.00. The molecule has 2 heterocycles. The summed E-state index contributed by atoms with van der Waals surface area (Å²) in [6, 6.07) is 17.2. The molecule has 2 aromatic carbocycles. The van der Waals surface area contributed by atoms with Gasteiger partial charge in [-0.3, -0.25) is 4.98 Å². The maximum Gasteiger partial charge on any atom is 0.0681 e. The predicted molar refractivity (Wildman–Crippen MR) is 88.5 cm³/mol. The van der Waals surface area contributed by atoms with Gasteiger partial charge in [0, 0.05) is 22.5 Å². The van der Waals surface area contributed by atoms with Crippen LogP contribution in [0.4, 0.5) is 0 Å². The number of fused-ring (bicyclic) bond motifs is 3. The van der Waals surface area contributed by atoms with Crippen molar-refractivity contribution in [2.75, 3.05) is 0 Å². The molecule has 2 aromatic heterocycles. The summed E-state index contributed by atoms with van der Waals surface area (Å²) in [5.41, 5.74) is 7.19. The molecule has 4 rings (SSSR count). The van der Waals surface area contributed by atoms with Crippen molar-refractivity contribution >= 4 is 21.8 Å². The van der Waals surface area contributed by atoms with E-state index in [1.165, 1.54) is 33.0 Å². The van der Waals surface area contributed by atoms with Crippen molar-refractivity contribution < 1.29 is 0 Å². The third kappa shape index (κ3) is 1.83. The molecular formula is C19H16N2. The first kappa shape index (κ1) is 12.2. The van der Waals surface area contributed by atoms with Crippen LogP contribution in [0.3, 0.4) is 0 Å². The fourth-order valence-electron chi connectivity index (χ4n) is 3.02. The molecule has 0 saturated heterocycles. The van der Waals surface area contributed by atoms with E-state index in [9.17, 15) is 0 Å². The van der Waals surface area contributed by atoms with Crippen LogP contribution in [0.1, 0.15) is 11.3 Å². The van der Waals surface area contributed by atoms with Gasteiger partial charge in [0.05, 0.1) is 11.2 Å². The molecule has 4 aromatic rings. The van der Waals surface area contributed by atoms with Crippen molar-refractivity contribution in [3.63, 3.8) is 0 Å². The lowest BCUT2D eigenvalue weighted by Gasteiger charge is -2.05. The van der Waals surface area contributed by atoms with Crippen LogP contribution in [-0.4, -0.2) is 9.97 Å². The standard InChI is InChI=1S/C19H16N2/c1-12-5-3-4-6-15(12)14-7-8-18-17(11-14)16-9-10-20-13(2)19(16)21-18/h3-11,21H,1-2H3. The first-order valence-corrected chi connectivity index (χ1v) is 7.17. The summed E-state index contributed by atoms with van der Waals surface area (Å²) in [5.74, 6) is 0. The highest BCUT2D eigenvalue weighted by molar-refractivity contribution is 6.09. The Balaban J connectivity index is 2.04. The number of hydrogen-bond acceptors (Lipinski definition) is 1. The minimum absolute atomic E-state index is 1.04. The van der Waals surface area contributed by atoms with Gasteiger partial charge in [-0.25, -0.2) is 0 Å². The van der Waals surface area contributed by atoms with Crippen LogP contribution in [-0.2, 0) is 0 Å². The van der Waals surface area contributed by atoms with Crippen LogP contribution in [0, 0.1) is 13.8 Å². The maximum atomic E-state index is 4.37. The number of nitrogens with one attached hydrogen (secondary N) is 1. The van der Waals surface area contributed by atoms with E-state index >= 15 is 0 Å². The molecule has 0 aliphatic rings. The average Bonchev–Trinajstić information content (AvgIpc) is 2.87. The molecule has 2 nitrogen and oxygen atoms in total. The van der Waals surface area contributed by atoms with Crippen LogP contribution in [0.5, 0.6) is 0 Å². The number of hydrogen-bond donors (Lipinski definition) is 1. The maximum absolute atomic E-state index is 4.37. The van der Waals surface area contributed by atoms with Crippen LogP contribution in [0.2, 0.25) is 0 Å². The average molecular weight is 272 g/mol. The number of nitrogens with zero attached hydrogens (tertiary/aromatic N) is 1. The van der Waals surface area contributed by atoms with Crippen molar-refractivity contribution in [3.05, 3.63) is 66.0 Å². The van der Waals surface area contributed by atoms with Gasteiger partial charge in [0.25, 0.3) is 0 Å². The van der Waals surface area contributed by atoms with E-state index in [4.69, 9.17) is 0 Å². The number of aryl methyl sites for hydroxylation is 2. The Hall–Kier alpha value is -2.61. The quantitative estimate of drug-likeness (QED) is 0.519. The minimum Gasteiger partial charge on any atom is -0.353 e. The van der Waals surface area contributed by atoms with Crippen LogP contribution >= 0.6 is 0 Å². The second-order valence-electron chi connectivity index (χ2n) is 5.52. The Morgan fingerprint density at radius 2 is 1.76 bits per heavy atom. The molecule has 0 unspecified atom stereocenters. The number of aromatic amines is 1. The molecule has 0 bridgehead atoms. The fourth-order valence-corrected chi connectivity index (χ4v) is 3.02. The zero-order valence-corrected chi connectivity index (χ0v) is 12.1. The van der Waals surface area contributed by atoms with Gasteiger partial charge in [0.2, 0.25) is 0 Å². The fraction of sp³-hybridized carbons (Fsp3) is 0.105. The molecule has 0 radical (unpaired) electrons. The van der Waals surface area contributed by atoms with E-state index in [1.807, 2.05) is 13.1 Å². The largest absolute Gasteiger partial charge is 0.353 e. The molecule has 0 spiro atoms. The summed E-state index contributed by atoms with van der Waals surface area (Å²) in [5, 5.41) is 2.50. The van der Waals surface area contributed by atoms with Crippen molar-refractivity contribution in [2.24, 2.45) is 0 Å². The van der Waals surface area contributed by atoms with E-state index in [0.29, 0.717) is 0 Å². The lowest BCUT2D eigenvalue weighted by atomic mass is 9.99. The zero-order chi connectivity index (χ0) is 14.4. The van der Waals surface area contributed by atoms with Gasteiger partial charge in [-0.2, -0.15) is 0 Å².